The van der Waals surface area contributed by atoms with Crippen molar-refractivity contribution in [3.8, 4) is 0 Å². The monoisotopic (exact) mass is 293 g/mol. The molecule has 0 aromatic heterocycles. The molecule has 114 valence electrons. The van der Waals surface area contributed by atoms with Gasteiger partial charge in [0.1, 0.15) is 0 Å². The fourth-order valence-corrected chi connectivity index (χ4v) is 3.74. The molecule has 1 saturated heterocycles. The zero-order chi connectivity index (χ0) is 14.8. The van der Waals surface area contributed by atoms with Gasteiger partial charge in [0, 0.05) is 19.1 Å². The summed E-state index contributed by atoms with van der Waals surface area (Å²) in [5.41, 5.74) is 2.78. The zero-order valence-electron chi connectivity index (χ0n) is 12.9. The van der Waals surface area contributed by atoms with E-state index in [2.05, 4.69) is 65.6 Å². The summed E-state index contributed by atoms with van der Waals surface area (Å²) in [7, 11) is 0. The zero-order valence-corrected chi connectivity index (χ0v) is 12.9. The first kappa shape index (κ1) is 14.0. The van der Waals surface area contributed by atoms with Gasteiger partial charge in [0.15, 0.2) is 0 Å². The molecule has 0 N–H and O–H groups in total. The van der Waals surface area contributed by atoms with Crippen molar-refractivity contribution in [2.24, 2.45) is 0 Å². The highest BCUT2D eigenvalue weighted by atomic mass is 16.6. The SMILES string of the molecule is c1ccc(CN(Cc2ccccc2)[C@@H]2CCC[C@H]3O[C@@H]23)cc1. The van der Waals surface area contributed by atoms with E-state index in [1.165, 1.54) is 30.4 Å². The van der Waals surface area contributed by atoms with Crippen molar-refractivity contribution in [3.63, 3.8) is 0 Å². The Balaban J connectivity index is 1.54. The van der Waals surface area contributed by atoms with Crippen molar-refractivity contribution in [1.82, 2.24) is 4.90 Å². The summed E-state index contributed by atoms with van der Waals surface area (Å²) in [4.78, 5) is 2.62. The van der Waals surface area contributed by atoms with E-state index in [9.17, 15) is 0 Å². The third kappa shape index (κ3) is 3.08. The Morgan fingerprint density at radius 3 is 2.00 bits per heavy atom. The average molecular weight is 293 g/mol. The maximum absolute atomic E-state index is 5.91. The summed E-state index contributed by atoms with van der Waals surface area (Å²) in [6.07, 6.45) is 4.83. The number of hydrogen-bond donors (Lipinski definition) is 0. The van der Waals surface area contributed by atoms with Gasteiger partial charge in [-0.25, -0.2) is 0 Å². The van der Waals surface area contributed by atoms with E-state index in [1.807, 2.05) is 0 Å². The van der Waals surface area contributed by atoms with Gasteiger partial charge < -0.3 is 4.74 Å². The molecule has 2 fully saturated rings. The van der Waals surface area contributed by atoms with Gasteiger partial charge in [-0.2, -0.15) is 0 Å². The molecule has 1 heterocycles. The van der Waals surface area contributed by atoms with Crippen molar-refractivity contribution in [3.05, 3.63) is 71.8 Å². The highest BCUT2D eigenvalue weighted by Crippen LogP contribution is 2.40. The lowest BCUT2D eigenvalue weighted by atomic mass is 9.93. The molecular weight excluding hydrogens is 270 g/mol. The second kappa shape index (κ2) is 6.23. The van der Waals surface area contributed by atoms with Crippen molar-refractivity contribution >= 4 is 0 Å². The Hall–Kier alpha value is -1.64. The normalized spacial score (nSPS) is 26.7. The lowest BCUT2D eigenvalue weighted by Gasteiger charge is -2.33. The molecule has 0 radical (unpaired) electrons. The van der Waals surface area contributed by atoms with E-state index in [0.717, 1.165) is 13.1 Å². The van der Waals surface area contributed by atoms with Crippen LogP contribution in [-0.4, -0.2) is 23.1 Å². The van der Waals surface area contributed by atoms with Crippen LogP contribution in [0.3, 0.4) is 0 Å². The minimum atomic E-state index is 0.473. The predicted octanol–water partition coefficient (Wildman–Crippen LogP) is 4.01. The van der Waals surface area contributed by atoms with Crippen LogP contribution in [0.15, 0.2) is 60.7 Å². The summed E-state index contributed by atoms with van der Waals surface area (Å²) in [5, 5.41) is 0. The maximum atomic E-state index is 5.91. The molecule has 4 rings (SSSR count). The average Bonchev–Trinajstić information content (AvgIpc) is 3.36. The fourth-order valence-electron chi connectivity index (χ4n) is 3.74. The third-order valence-corrected chi connectivity index (χ3v) is 4.92. The summed E-state index contributed by atoms with van der Waals surface area (Å²) < 4.78 is 5.91. The first-order chi connectivity index (χ1) is 10.9. The number of hydrogen-bond acceptors (Lipinski definition) is 2. The Labute approximate surface area is 132 Å². The highest BCUT2D eigenvalue weighted by Gasteiger charge is 2.49. The molecule has 1 aliphatic heterocycles. The van der Waals surface area contributed by atoms with Gasteiger partial charge >= 0.3 is 0 Å². The molecule has 2 heteroatoms. The summed E-state index contributed by atoms with van der Waals surface area (Å²) >= 11 is 0. The van der Waals surface area contributed by atoms with Crippen LogP contribution >= 0.6 is 0 Å². The van der Waals surface area contributed by atoms with Crippen LogP contribution in [-0.2, 0) is 17.8 Å². The van der Waals surface area contributed by atoms with Gasteiger partial charge in [-0.3, -0.25) is 4.90 Å². The molecule has 2 aromatic rings. The fraction of sp³-hybridized carbons (Fsp3) is 0.400. The quantitative estimate of drug-likeness (QED) is 0.774. The third-order valence-electron chi connectivity index (χ3n) is 4.92. The molecule has 3 atom stereocenters. The van der Waals surface area contributed by atoms with Gasteiger partial charge in [-0.1, -0.05) is 60.7 Å². The first-order valence-corrected chi connectivity index (χ1v) is 8.37. The Morgan fingerprint density at radius 1 is 0.818 bits per heavy atom. The molecular formula is C20H23NO. The van der Waals surface area contributed by atoms with Crippen molar-refractivity contribution in [2.45, 2.75) is 50.6 Å². The number of ether oxygens (including phenoxy) is 1. The van der Waals surface area contributed by atoms with E-state index in [-0.39, 0.29) is 0 Å². The van der Waals surface area contributed by atoms with Crippen LogP contribution in [0.2, 0.25) is 0 Å². The van der Waals surface area contributed by atoms with Crippen molar-refractivity contribution in [1.29, 1.82) is 0 Å². The van der Waals surface area contributed by atoms with Gasteiger partial charge in [0.25, 0.3) is 0 Å². The predicted molar refractivity (Wildman–Crippen MR) is 88.4 cm³/mol. The molecule has 0 unspecified atom stereocenters. The number of benzene rings is 2. The Bertz CT molecular complexity index is 556. The van der Waals surface area contributed by atoms with E-state index in [1.54, 1.807) is 0 Å². The second-order valence-corrected chi connectivity index (χ2v) is 6.51. The van der Waals surface area contributed by atoms with Crippen LogP contribution in [0.4, 0.5) is 0 Å². The van der Waals surface area contributed by atoms with E-state index in [0.29, 0.717) is 18.2 Å². The topological polar surface area (TPSA) is 15.8 Å². The molecule has 0 bridgehead atoms. The van der Waals surface area contributed by atoms with Gasteiger partial charge in [0.05, 0.1) is 12.2 Å². The molecule has 2 aromatic carbocycles. The minimum Gasteiger partial charge on any atom is -0.368 e. The largest absolute Gasteiger partial charge is 0.368 e. The highest BCUT2D eigenvalue weighted by molar-refractivity contribution is 5.18. The number of epoxide rings is 1. The van der Waals surface area contributed by atoms with E-state index in [4.69, 9.17) is 4.74 Å². The van der Waals surface area contributed by atoms with Gasteiger partial charge in [0.2, 0.25) is 0 Å². The smallest absolute Gasteiger partial charge is 0.0996 e. The summed E-state index contributed by atoms with van der Waals surface area (Å²) in [6.45, 7) is 2.01. The minimum absolute atomic E-state index is 0.473. The van der Waals surface area contributed by atoms with Crippen molar-refractivity contribution in [2.75, 3.05) is 0 Å². The summed E-state index contributed by atoms with van der Waals surface area (Å²) in [5.74, 6) is 0. The number of nitrogens with zero attached hydrogens (tertiary/aromatic N) is 1. The lowest BCUT2D eigenvalue weighted by molar-refractivity contribution is 0.135. The molecule has 22 heavy (non-hydrogen) atoms. The van der Waals surface area contributed by atoms with Crippen LogP contribution in [0.1, 0.15) is 30.4 Å². The molecule has 0 amide bonds. The standard InChI is InChI=1S/C20H23NO/c1-3-8-16(9-4-1)14-21(15-17-10-5-2-6-11-17)18-12-7-13-19-20(18)22-19/h1-6,8-11,18-20H,7,12-15H2/t18-,19-,20+/m1/s1. The number of fused-ring (bicyclic) bond motifs is 1. The van der Waals surface area contributed by atoms with Crippen molar-refractivity contribution < 1.29 is 4.74 Å². The van der Waals surface area contributed by atoms with Crippen LogP contribution in [0.5, 0.6) is 0 Å². The maximum Gasteiger partial charge on any atom is 0.0996 e. The molecule has 1 saturated carbocycles. The second-order valence-electron chi connectivity index (χ2n) is 6.51. The van der Waals surface area contributed by atoms with Gasteiger partial charge in [-0.15, -0.1) is 0 Å². The first-order valence-electron chi connectivity index (χ1n) is 8.37. The van der Waals surface area contributed by atoms with Gasteiger partial charge in [-0.05, 0) is 30.4 Å². The van der Waals surface area contributed by atoms with E-state index >= 15 is 0 Å². The van der Waals surface area contributed by atoms with E-state index < -0.39 is 0 Å². The molecule has 0 spiro atoms. The van der Waals surface area contributed by atoms with Crippen LogP contribution < -0.4 is 0 Å². The van der Waals surface area contributed by atoms with Crippen LogP contribution in [0, 0.1) is 0 Å². The molecule has 2 aliphatic rings. The van der Waals surface area contributed by atoms with Crippen LogP contribution in [0.25, 0.3) is 0 Å². The number of rotatable bonds is 5. The summed E-state index contributed by atoms with van der Waals surface area (Å²) in [6, 6.07) is 22.2. The Kier molecular flexibility index (Phi) is 3.96. The lowest BCUT2D eigenvalue weighted by Crippen LogP contribution is -2.40. The Morgan fingerprint density at radius 2 is 1.41 bits per heavy atom. The molecule has 2 nitrogen and oxygen atoms in total. The molecule has 1 aliphatic carbocycles.